The van der Waals surface area contributed by atoms with Crippen LogP contribution in [-0.4, -0.2) is 14.5 Å². The summed E-state index contributed by atoms with van der Waals surface area (Å²) in [6.45, 7) is 0. The number of nitrogens with zero attached hydrogens (tertiary/aromatic N) is 5. The van der Waals surface area contributed by atoms with E-state index in [1.54, 1.807) is 0 Å². The van der Waals surface area contributed by atoms with Crippen molar-refractivity contribution in [3.05, 3.63) is 195 Å². The van der Waals surface area contributed by atoms with Crippen molar-refractivity contribution in [1.82, 2.24) is 14.5 Å². The zero-order valence-electron chi connectivity index (χ0n) is 29.5. The van der Waals surface area contributed by atoms with Crippen LogP contribution in [0, 0.1) is 0 Å². The third-order valence-corrected chi connectivity index (χ3v) is 11.9. The maximum atomic E-state index is 4.33. The molecule has 5 aromatic heterocycles. The van der Waals surface area contributed by atoms with Crippen LogP contribution in [0.15, 0.2) is 195 Å². The summed E-state index contributed by atoms with van der Waals surface area (Å²) in [4.78, 5) is 18.2. The lowest BCUT2D eigenvalue weighted by Crippen LogP contribution is -2.17. The van der Waals surface area contributed by atoms with Crippen LogP contribution in [0.5, 0.6) is 0 Å². The highest BCUT2D eigenvalue weighted by Gasteiger charge is 2.22. The number of hydrogen-bond acceptors (Lipinski definition) is 6. The molecule has 0 fully saturated rings. The van der Waals surface area contributed by atoms with Gasteiger partial charge in [0.05, 0.1) is 11.4 Å². The largest absolute Gasteiger partial charge is 0.316 e. The van der Waals surface area contributed by atoms with Crippen LogP contribution >= 0.6 is 22.7 Å². The lowest BCUT2D eigenvalue weighted by Gasteiger charge is -2.29. The Bertz CT molecular complexity index is 2410. The van der Waals surface area contributed by atoms with Gasteiger partial charge in [-0.2, -0.15) is 0 Å². The van der Waals surface area contributed by atoms with Gasteiger partial charge in [-0.1, -0.05) is 84.9 Å². The van der Waals surface area contributed by atoms with Crippen molar-refractivity contribution in [3.8, 4) is 41.8 Å². The van der Waals surface area contributed by atoms with Crippen LogP contribution in [-0.2, 0) is 7.05 Å². The van der Waals surface area contributed by atoms with Crippen LogP contribution in [0.25, 0.3) is 41.8 Å². The standard InChI is InChI=1S/C47H35N5S2/c1-50-46(51(40-26-30-48-31-27-40)38-16-12-36(13-17-38)44-22-20-42(53-44)34-8-4-2-5-9-34)24-25-47(50)52(41-28-32-49-33-29-41)39-18-14-37(15-19-39)45-23-21-43(54-45)35-10-6-3-7-11-35/h2-33H,1H3. The van der Waals surface area contributed by atoms with Gasteiger partial charge in [0.15, 0.2) is 0 Å². The average molecular weight is 734 g/mol. The van der Waals surface area contributed by atoms with E-state index >= 15 is 0 Å². The first-order chi connectivity index (χ1) is 26.7. The van der Waals surface area contributed by atoms with Crippen molar-refractivity contribution in [2.45, 2.75) is 0 Å². The van der Waals surface area contributed by atoms with E-state index in [0.29, 0.717) is 0 Å². The van der Waals surface area contributed by atoms with Crippen LogP contribution in [0.2, 0.25) is 0 Å². The maximum Gasteiger partial charge on any atom is 0.119 e. The van der Waals surface area contributed by atoms with Crippen molar-refractivity contribution in [1.29, 1.82) is 0 Å². The van der Waals surface area contributed by atoms with E-state index in [-0.39, 0.29) is 0 Å². The number of anilines is 6. The monoisotopic (exact) mass is 733 g/mol. The van der Waals surface area contributed by atoms with Gasteiger partial charge in [-0.3, -0.25) is 19.8 Å². The molecule has 9 aromatic rings. The summed E-state index contributed by atoms with van der Waals surface area (Å²) in [6, 6.07) is 60.3. The van der Waals surface area contributed by atoms with Gasteiger partial charge in [0, 0.05) is 62.7 Å². The molecule has 0 unspecified atom stereocenters. The van der Waals surface area contributed by atoms with Gasteiger partial charge in [0.2, 0.25) is 0 Å². The second-order valence-electron chi connectivity index (χ2n) is 12.8. The molecule has 0 N–H and O–H groups in total. The lowest BCUT2D eigenvalue weighted by atomic mass is 10.1. The predicted octanol–water partition coefficient (Wildman–Crippen LogP) is 13.5. The number of thiophene rings is 2. The second kappa shape index (κ2) is 14.8. The Balaban J connectivity index is 1.06. The molecule has 0 aliphatic carbocycles. The first-order valence-corrected chi connectivity index (χ1v) is 19.4. The van der Waals surface area contributed by atoms with Gasteiger partial charge in [0.1, 0.15) is 11.6 Å². The number of hydrogen-bond donors (Lipinski definition) is 0. The minimum absolute atomic E-state index is 1.02. The molecule has 0 spiro atoms. The Labute approximate surface area is 323 Å². The predicted molar refractivity (Wildman–Crippen MR) is 228 cm³/mol. The molecule has 9 rings (SSSR count). The van der Waals surface area contributed by atoms with Gasteiger partial charge in [-0.05, 0) is 107 Å². The summed E-state index contributed by atoms with van der Waals surface area (Å²) in [6.07, 6.45) is 7.38. The van der Waals surface area contributed by atoms with Gasteiger partial charge in [-0.25, -0.2) is 0 Å². The molecule has 5 nitrogen and oxygen atoms in total. The Kier molecular flexibility index (Phi) is 9.15. The van der Waals surface area contributed by atoms with E-state index in [1.165, 1.54) is 41.8 Å². The summed E-state index contributed by atoms with van der Waals surface area (Å²) in [7, 11) is 2.13. The molecule has 0 saturated heterocycles. The molecule has 5 heterocycles. The molecule has 54 heavy (non-hydrogen) atoms. The third kappa shape index (κ3) is 6.63. The van der Waals surface area contributed by atoms with Crippen molar-refractivity contribution in [2.75, 3.05) is 9.80 Å². The lowest BCUT2D eigenvalue weighted by molar-refractivity contribution is 0.900. The first kappa shape index (κ1) is 33.3. The van der Waals surface area contributed by atoms with Crippen LogP contribution in [0.4, 0.5) is 34.4 Å². The molecule has 0 radical (unpaired) electrons. The zero-order valence-corrected chi connectivity index (χ0v) is 31.2. The second-order valence-corrected chi connectivity index (χ2v) is 15.0. The smallest absolute Gasteiger partial charge is 0.119 e. The third-order valence-electron chi connectivity index (χ3n) is 9.52. The molecule has 7 heteroatoms. The highest BCUT2D eigenvalue weighted by molar-refractivity contribution is 7.19. The number of rotatable bonds is 10. The van der Waals surface area contributed by atoms with E-state index in [4.69, 9.17) is 0 Å². The molecule has 4 aromatic carbocycles. The number of pyridine rings is 2. The van der Waals surface area contributed by atoms with E-state index < -0.39 is 0 Å². The normalized spacial score (nSPS) is 11.1. The Hall–Kier alpha value is -6.54. The fourth-order valence-electron chi connectivity index (χ4n) is 6.80. The van der Waals surface area contributed by atoms with Crippen molar-refractivity contribution in [3.63, 3.8) is 0 Å². The van der Waals surface area contributed by atoms with Crippen LogP contribution in [0.1, 0.15) is 0 Å². The quantitative estimate of drug-likeness (QED) is 0.140. The molecular formula is C47H35N5S2. The summed E-state index contributed by atoms with van der Waals surface area (Å²) in [5, 5.41) is 0. The van der Waals surface area contributed by atoms with Crippen molar-refractivity contribution >= 4 is 57.1 Å². The SMILES string of the molecule is Cn1c(N(c2ccncc2)c2ccc(-c3ccc(-c4ccccc4)s3)cc2)ccc1N(c1ccncc1)c1ccc(-c2ccc(-c3ccccc3)s2)cc1. The molecule has 0 atom stereocenters. The summed E-state index contributed by atoms with van der Waals surface area (Å²) < 4.78 is 2.25. The highest BCUT2D eigenvalue weighted by atomic mass is 32.1. The molecule has 0 bridgehead atoms. The van der Waals surface area contributed by atoms with Gasteiger partial charge in [0.25, 0.3) is 0 Å². The van der Waals surface area contributed by atoms with Gasteiger partial charge < -0.3 is 4.57 Å². The van der Waals surface area contributed by atoms with Gasteiger partial charge in [-0.15, -0.1) is 22.7 Å². The van der Waals surface area contributed by atoms with Gasteiger partial charge >= 0.3 is 0 Å². The minimum Gasteiger partial charge on any atom is -0.316 e. The highest BCUT2D eigenvalue weighted by Crippen LogP contribution is 2.43. The molecule has 0 aliphatic heterocycles. The van der Waals surface area contributed by atoms with E-state index in [0.717, 1.165) is 34.4 Å². The Morgan fingerprint density at radius 1 is 0.352 bits per heavy atom. The summed E-state index contributed by atoms with van der Waals surface area (Å²) in [5.41, 5.74) is 9.04. The van der Waals surface area contributed by atoms with E-state index in [9.17, 15) is 0 Å². The first-order valence-electron chi connectivity index (χ1n) is 17.8. The van der Waals surface area contributed by atoms with E-state index in [1.807, 2.05) is 47.5 Å². The molecule has 0 saturated carbocycles. The number of benzene rings is 4. The minimum atomic E-state index is 1.02. The Morgan fingerprint density at radius 3 is 1.02 bits per heavy atom. The molecule has 0 amide bonds. The molecule has 0 aliphatic rings. The number of aromatic nitrogens is 3. The summed E-state index contributed by atoms with van der Waals surface area (Å²) in [5.74, 6) is 2.04. The summed E-state index contributed by atoms with van der Waals surface area (Å²) >= 11 is 3.63. The zero-order chi connectivity index (χ0) is 36.3. The van der Waals surface area contributed by atoms with Crippen LogP contribution < -0.4 is 9.80 Å². The fraction of sp³-hybridized carbons (Fsp3) is 0.0213. The van der Waals surface area contributed by atoms with E-state index in [2.05, 4.69) is 201 Å². The molecule has 260 valence electrons. The molecular weight excluding hydrogens is 699 g/mol. The average Bonchev–Trinajstić information content (AvgIpc) is 4.02. The van der Waals surface area contributed by atoms with Crippen LogP contribution in [0.3, 0.4) is 0 Å². The topological polar surface area (TPSA) is 37.2 Å². The van der Waals surface area contributed by atoms with Crippen molar-refractivity contribution in [2.24, 2.45) is 7.05 Å². The Morgan fingerprint density at radius 2 is 0.667 bits per heavy atom. The fourth-order valence-corrected chi connectivity index (χ4v) is 8.84. The maximum absolute atomic E-state index is 4.33. The van der Waals surface area contributed by atoms with Crippen molar-refractivity contribution < 1.29 is 0 Å².